The third-order valence-electron chi connectivity index (χ3n) is 5.72. The molecule has 0 saturated carbocycles. The van der Waals surface area contributed by atoms with Gasteiger partial charge in [-0.3, -0.25) is 9.36 Å². The number of Topliss-reactive ketones (excluding diaryl/α,β-unsaturated/α-hetero) is 1. The van der Waals surface area contributed by atoms with E-state index in [0.717, 1.165) is 21.1 Å². The van der Waals surface area contributed by atoms with Gasteiger partial charge in [-0.1, -0.05) is 91.0 Å². The molecular formula is C27H29N2O8P. The second-order valence-electron chi connectivity index (χ2n) is 8.13. The third-order valence-corrected chi connectivity index (χ3v) is 8.15. The van der Waals surface area contributed by atoms with Gasteiger partial charge in [-0.15, -0.1) is 0 Å². The van der Waals surface area contributed by atoms with Crippen molar-refractivity contribution in [2.24, 2.45) is 0 Å². The average molecular weight is 541 g/mol. The molecule has 10 nitrogen and oxygen atoms in total. The first-order valence-electron chi connectivity index (χ1n) is 11.5. The summed E-state index contributed by atoms with van der Waals surface area (Å²) in [6.07, 6.45) is -2.29. The summed E-state index contributed by atoms with van der Waals surface area (Å²) in [4.78, 5) is 40.1. The molecule has 3 aromatic carbocycles. The molecule has 0 saturated heterocycles. The molecule has 0 aromatic heterocycles. The van der Waals surface area contributed by atoms with Gasteiger partial charge in [-0.25, -0.2) is 15.0 Å². The van der Waals surface area contributed by atoms with Gasteiger partial charge in [0.1, 0.15) is 13.2 Å². The van der Waals surface area contributed by atoms with E-state index in [0.29, 0.717) is 16.1 Å². The third kappa shape index (κ3) is 6.47. The number of nitrogens with zero attached hydrogens (tertiary/aromatic N) is 1. The summed E-state index contributed by atoms with van der Waals surface area (Å²) in [7, 11) is -2.32. The Hall–Kier alpha value is -3.98. The standard InChI is InChI=1S/C27H29N2O8P/c1-27(38(33,34-2)35-3,24(30)23-17-11-6-12-18-23)29(26(32)37-20-22-15-9-5-10-16-22)28-25(31)36-19-21-13-7-4-8-14-21/h4-18H,19-20H2,1-3H3,(H,28,31). The Balaban J connectivity index is 1.99. The van der Waals surface area contributed by atoms with Crippen LogP contribution in [0.4, 0.5) is 9.59 Å². The number of hydrogen-bond donors (Lipinski definition) is 1. The Kier molecular flexibility index (Phi) is 9.78. The minimum atomic E-state index is -4.46. The highest BCUT2D eigenvalue weighted by atomic mass is 31.2. The van der Waals surface area contributed by atoms with Crippen LogP contribution >= 0.6 is 7.60 Å². The van der Waals surface area contributed by atoms with Gasteiger partial charge in [0.15, 0.2) is 0 Å². The molecule has 3 rings (SSSR count). The Morgan fingerprint density at radius 3 is 1.68 bits per heavy atom. The van der Waals surface area contributed by atoms with E-state index in [2.05, 4.69) is 5.43 Å². The molecule has 0 bridgehead atoms. The van der Waals surface area contributed by atoms with Crippen molar-refractivity contribution in [2.75, 3.05) is 14.2 Å². The number of carbonyl (C=O) groups excluding carboxylic acids is 3. The van der Waals surface area contributed by atoms with E-state index >= 15 is 0 Å². The Bertz CT molecular complexity index is 1270. The van der Waals surface area contributed by atoms with Crippen LogP contribution < -0.4 is 5.43 Å². The number of hydrazine groups is 1. The van der Waals surface area contributed by atoms with Crippen molar-refractivity contribution in [1.82, 2.24) is 10.4 Å². The maximum Gasteiger partial charge on any atom is 0.430 e. The Labute approximate surface area is 221 Å². The van der Waals surface area contributed by atoms with Gasteiger partial charge in [0.25, 0.3) is 0 Å². The maximum absolute atomic E-state index is 13.9. The van der Waals surface area contributed by atoms with E-state index in [1.54, 1.807) is 72.8 Å². The highest BCUT2D eigenvalue weighted by Gasteiger charge is 2.60. The van der Waals surface area contributed by atoms with E-state index in [4.69, 9.17) is 18.5 Å². The molecule has 0 aliphatic rings. The van der Waals surface area contributed by atoms with Gasteiger partial charge in [-0.05, 0) is 18.1 Å². The number of ether oxygens (including phenoxy) is 2. The zero-order chi connectivity index (χ0) is 27.6. The largest absolute Gasteiger partial charge is 0.443 e. The summed E-state index contributed by atoms with van der Waals surface area (Å²) >= 11 is 0. The molecular weight excluding hydrogens is 511 g/mol. The first-order chi connectivity index (χ1) is 18.2. The van der Waals surface area contributed by atoms with Crippen LogP contribution in [0.1, 0.15) is 28.4 Å². The minimum Gasteiger partial charge on any atom is -0.443 e. The summed E-state index contributed by atoms with van der Waals surface area (Å²) < 4.78 is 34.9. The van der Waals surface area contributed by atoms with Crippen LogP contribution in [0.5, 0.6) is 0 Å². The molecule has 0 spiro atoms. The van der Waals surface area contributed by atoms with Crippen LogP contribution in [-0.4, -0.2) is 42.5 Å². The van der Waals surface area contributed by atoms with Gasteiger partial charge in [0.2, 0.25) is 11.1 Å². The lowest BCUT2D eigenvalue weighted by Gasteiger charge is -2.40. The van der Waals surface area contributed by atoms with Crippen LogP contribution in [0.3, 0.4) is 0 Å². The van der Waals surface area contributed by atoms with E-state index in [1.807, 2.05) is 6.07 Å². The highest BCUT2D eigenvalue weighted by molar-refractivity contribution is 7.56. The Morgan fingerprint density at radius 2 is 1.21 bits per heavy atom. The second-order valence-corrected chi connectivity index (χ2v) is 10.7. The van der Waals surface area contributed by atoms with E-state index in [1.165, 1.54) is 12.1 Å². The number of hydrogen-bond acceptors (Lipinski definition) is 8. The number of carbonyl (C=O) groups is 3. The van der Waals surface area contributed by atoms with Gasteiger partial charge >= 0.3 is 19.8 Å². The van der Waals surface area contributed by atoms with Crippen molar-refractivity contribution in [3.05, 3.63) is 108 Å². The van der Waals surface area contributed by atoms with E-state index in [-0.39, 0.29) is 18.8 Å². The topological polar surface area (TPSA) is 120 Å². The normalized spacial score (nSPS) is 12.6. The summed E-state index contributed by atoms with van der Waals surface area (Å²) in [5.41, 5.74) is 3.65. The van der Waals surface area contributed by atoms with Crippen molar-refractivity contribution >= 4 is 25.6 Å². The summed E-state index contributed by atoms with van der Waals surface area (Å²) in [6, 6.07) is 25.4. The molecule has 1 atom stereocenters. The quantitative estimate of drug-likeness (QED) is 0.202. The van der Waals surface area contributed by atoms with Gasteiger partial charge in [0, 0.05) is 19.8 Å². The summed E-state index contributed by atoms with van der Waals surface area (Å²) in [5, 5.41) is -1.89. The fourth-order valence-corrected chi connectivity index (χ4v) is 5.22. The summed E-state index contributed by atoms with van der Waals surface area (Å²) in [5.74, 6) is -0.829. The summed E-state index contributed by atoms with van der Waals surface area (Å²) in [6.45, 7) is 0.837. The first kappa shape index (κ1) is 28.6. The molecule has 11 heteroatoms. The maximum atomic E-state index is 13.9. The van der Waals surface area contributed by atoms with Crippen molar-refractivity contribution in [1.29, 1.82) is 0 Å². The molecule has 0 fully saturated rings. The molecule has 0 aliphatic heterocycles. The van der Waals surface area contributed by atoms with Crippen LogP contribution in [0, 0.1) is 0 Å². The zero-order valence-electron chi connectivity index (χ0n) is 21.2. The molecule has 200 valence electrons. The first-order valence-corrected chi connectivity index (χ1v) is 13.1. The van der Waals surface area contributed by atoms with Gasteiger partial charge in [-0.2, -0.15) is 5.01 Å². The van der Waals surface area contributed by atoms with Crippen molar-refractivity contribution in [3.8, 4) is 0 Å². The minimum absolute atomic E-state index is 0.0876. The van der Waals surface area contributed by atoms with Crippen LogP contribution in [0.25, 0.3) is 0 Å². The fraction of sp³-hybridized carbons (Fsp3) is 0.222. The lowest BCUT2D eigenvalue weighted by Crippen LogP contribution is -2.62. The predicted molar refractivity (Wildman–Crippen MR) is 139 cm³/mol. The number of benzene rings is 3. The lowest BCUT2D eigenvalue weighted by molar-refractivity contribution is 0.0287. The fourth-order valence-electron chi connectivity index (χ4n) is 3.60. The predicted octanol–water partition coefficient (Wildman–Crippen LogP) is 5.55. The second kappa shape index (κ2) is 13.0. The molecule has 1 N–H and O–H groups in total. The average Bonchev–Trinajstić information content (AvgIpc) is 2.97. The van der Waals surface area contributed by atoms with Gasteiger partial charge < -0.3 is 18.5 Å². The highest BCUT2D eigenvalue weighted by Crippen LogP contribution is 2.61. The number of nitrogens with one attached hydrogen (secondary N) is 1. The number of amides is 2. The molecule has 38 heavy (non-hydrogen) atoms. The van der Waals surface area contributed by atoms with E-state index < -0.39 is 30.8 Å². The van der Waals surface area contributed by atoms with Crippen molar-refractivity contribution < 1.29 is 37.5 Å². The van der Waals surface area contributed by atoms with Gasteiger partial charge in [0.05, 0.1) is 0 Å². The lowest BCUT2D eigenvalue weighted by atomic mass is 10.0. The molecule has 0 radical (unpaired) electrons. The molecule has 3 aromatic rings. The number of rotatable bonds is 10. The van der Waals surface area contributed by atoms with Crippen LogP contribution in [0.2, 0.25) is 0 Å². The monoisotopic (exact) mass is 540 g/mol. The zero-order valence-corrected chi connectivity index (χ0v) is 22.1. The molecule has 0 heterocycles. The smallest absolute Gasteiger partial charge is 0.430 e. The van der Waals surface area contributed by atoms with Crippen LogP contribution in [0.15, 0.2) is 91.0 Å². The molecule has 1 unspecified atom stereocenters. The van der Waals surface area contributed by atoms with Crippen molar-refractivity contribution in [3.63, 3.8) is 0 Å². The van der Waals surface area contributed by atoms with E-state index in [9.17, 15) is 18.9 Å². The Morgan fingerprint density at radius 1 is 0.763 bits per heavy atom. The molecule has 2 amide bonds. The molecule has 0 aliphatic carbocycles. The number of ketones is 1. The van der Waals surface area contributed by atoms with Crippen LogP contribution in [-0.2, 0) is 36.3 Å². The SMILES string of the molecule is COP(=O)(OC)C(C)(C(=O)c1ccccc1)N(NC(=O)OCc1ccccc1)C(=O)OCc1ccccc1. The van der Waals surface area contributed by atoms with Crippen molar-refractivity contribution in [2.45, 2.75) is 25.4 Å².